The molecule has 1 heterocycles. The average Bonchev–Trinajstić information content (AvgIpc) is 3.10. The lowest BCUT2D eigenvalue weighted by Crippen LogP contribution is -2.02. The highest BCUT2D eigenvalue weighted by Gasteiger charge is 2.13. The Balaban J connectivity index is 1.64. The third-order valence-electron chi connectivity index (χ3n) is 4.29. The van der Waals surface area contributed by atoms with Crippen molar-refractivity contribution >= 4 is 17.5 Å². The molecule has 0 fully saturated rings. The number of ether oxygens (including phenoxy) is 1. The number of allylic oxidation sites excluding steroid dienone is 1. The van der Waals surface area contributed by atoms with E-state index in [1.165, 1.54) is 12.1 Å². The number of hydrogen-bond acceptors (Lipinski definition) is 5. The van der Waals surface area contributed by atoms with E-state index in [2.05, 4.69) is 4.98 Å². The summed E-state index contributed by atoms with van der Waals surface area (Å²) in [5, 5.41) is 11.0. The highest BCUT2D eigenvalue weighted by Crippen LogP contribution is 2.20. The number of carbonyl (C=O) groups is 1. The minimum absolute atomic E-state index is 0.0616. The third kappa shape index (κ3) is 4.50. The minimum Gasteiger partial charge on any atom is -0.486 e. The number of aromatic nitrogens is 2. The zero-order chi connectivity index (χ0) is 20.1. The Morgan fingerprint density at radius 3 is 2.64 bits per heavy atom. The molecular formula is C21H19N3O4. The van der Waals surface area contributed by atoms with Gasteiger partial charge in [-0.05, 0) is 30.7 Å². The van der Waals surface area contributed by atoms with Gasteiger partial charge < -0.3 is 9.30 Å². The number of hydrogen-bond donors (Lipinski definition) is 0. The van der Waals surface area contributed by atoms with Crippen LogP contribution in [-0.2, 0) is 13.7 Å². The second-order valence-electron chi connectivity index (χ2n) is 6.27. The van der Waals surface area contributed by atoms with Crippen LogP contribution in [0, 0.1) is 17.0 Å². The number of rotatable bonds is 7. The first-order valence-corrected chi connectivity index (χ1v) is 8.60. The quantitative estimate of drug-likeness (QED) is 0.268. The molecule has 0 amide bonds. The fourth-order valence-corrected chi connectivity index (χ4v) is 2.59. The topological polar surface area (TPSA) is 87.3 Å². The predicted molar refractivity (Wildman–Crippen MR) is 105 cm³/mol. The Kier molecular flexibility index (Phi) is 5.64. The van der Waals surface area contributed by atoms with Gasteiger partial charge in [-0.25, -0.2) is 4.98 Å². The van der Waals surface area contributed by atoms with Crippen molar-refractivity contribution in [1.82, 2.24) is 9.55 Å². The van der Waals surface area contributed by atoms with Gasteiger partial charge in [0.2, 0.25) is 0 Å². The van der Waals surface area contributed by atoms with Crippen LogP contribution in [0.15, 0.2) is 60.9 Å². The fraction of sp³-hybridized carbons (Fsp3) is 0.143. The molecular weight excluding hydrogens is 358 g/mol. The van der Waals surface area contributed by atoms with Crippen molar-refractivity contribution in [3.05, 3.63) is 93.6 Å². The van der Waals surface area contributed by atoms with Gasteiger partial charge in [0.1, 0.15) is 18.2 Å². The maximum atomic E-state index is 12.3. The third-order valence-corrected chi connectivity index (χ3v) is 4.29. The second kappa shape index (κ2) is 8.30. The zero-order valence-electron chi connectivity index (χ0n) is 15.5. The molecule has 0 aliphatic carbocycles. The van der Waals surface area contributed by atoms with Crippen LogP contribution < -0.4 is 4.74 Å². The maximum absolute atomic E-state index is 12.3. The van der Waals surface area contributed by atoms with Gasteiger partial charge in [-0.1, -0.05) is 30.3 Å². The number of nitro groups is 1. The van der Waals surface area contributed by atoms with Gasteiger partial charge >= 0.3 is 0 Å². The summed E-state index contributed by atoms with van der Waals surface area (Å²) in [5.74, 6) is 1.22. The summed E-state index contributed by atoms with van der Waals surface area (Å²) < 4.78 is 7.58. The van der Waals surface area contributed by atoms with E-state index in [9.17, 15) is 14.9 Å². The van der Waals surface area contributed by atoms with Crippen LogP contribution in [0.2, 0.25) is 0 Å². The first-order chi connectivity index (χ1) is 13.4. The highest BCUT2D eigenvalue weighted by atomic mass is 16.6. The summed E-state index contributed by atoms with van der Waals surface area (Å²) in [6, 6.07) is 11.7. The molecule has 0 saturated carbocycles. The van der Waals surface area contributed by atoms with E-state index in [1.54, 1.807) is 31.3 Å². The van der Waals surface area contributed by atoms with Gasteiger partial charge in [0.05, 0.1) is 4.92 Å². The van der Waals surface area contributed by atoms with Gasteiger partial charge in [0.15, 0.2) is 5.78 Å². The molecule has 0 aliphatic heterocycles. The van der Waals surface area contributed by atoms with Crippen LogP contribution in [0.4, 0.5) is 5.69 Å². The second-order valence-corrected chi connectivity index (χ2v) is 6.27. The monoisotopic (exact) mass is 377 g/mol. The molecule has 0 saturated heterocycles. The molecule has 0 atom stereocenters. The average molecular weight is 377 g/mol. The fourth-order valence-electron chi connectivity index (χ4n) is 2.59. The van der Waals surface area contributed by atoms with Crippen molar-refractivity contribution in [1.29, 1.82) is 0 Å². The van der Waals surface area contributed by atoms with E-state index in [1.807, 2.05) is 42.1 Å². The van der Waals surface area contributed by atoms with Gasteiger partial charge in [-0.15, -0.1) is 0 Å². The largest absolute Gasteiger partial charge is 0.486 e. The molecule has 0 radical (unpaired) electrons. The molecule has 7 nitrogen and oxygen atoms in total. The van der Waals surface area contributed by atoms with E-state index in [0.29, 0.717) is 17.9 Å². The number of benzene rings is 2. The molecule has 0 N–H and O–H groups in total. The van der Waals surface area contributed by atoms with Crippen molar-refractivity contribution in [3.8, 4) is 5.75 Å². The van der Waals surface area contributed by atoms with Crippen molar-refractivity contribution < 1.29 is 14.5 Å². The van der Waals surface area contributed by atoms with E-state index in [-0.39, 0.29) is 17.0 Å². The number of ketones is 1. The maximum Gasteiger partial charge on any atom is 0.273 e. The van der Waals surface area contributed by atoms with E-state index in [4.69, 9.17) is 4.74 Å². The minimum atomic E-state index is -0.487. The molecule has 142 valence electrons. The smallest absolute Gasteiger partial charge is 0.273 e. The van der Waals surface area contributed by atoms with Gasteiger partial charge in [-0.2, -0.15) is 0 Å². The molecule has 0 spiro atoms. The Morgan fingerprint density at radius 1 is 1.25 bits per heavy atom. The predicted octanol–water partition coefficient (Wildman–Crippen LogP) is 4.11. The summed E-state index contributed by atoms with van der Waals surface area (Å²) in [7, 11) is 1.90. The van der Waals surface area contributed by atoms with Crippen LogP contribution in [0.5, 0.6) is 5.75 Å². The molecule has 7 heteroatoms. The standard InChI is InChI=1S/C21H19N3O4/c1-15-3-7-17(13-19(15)24(26)27)20(25)10-6-16-4-8-18(9-5-16)28-14-21-22-11-12-23(21)2/h3-13H,14H2,1-2H3. The van der Waals surface area contributed by atoms with Crippen molar-refractivity contribution in [2.45, 2.75) is 13.5 Å². The summed E-state index contributed by atoms with van der Waals surface area (Å²) in [6.07, 6.45) is 6.63. The molecule has 2 aromatic carbocycles. The van der Waals surface area contributed by atoms with Crippen LogP contribution >= 0.6 is 0 Å². The number of aryl methyl sites for hydroxylation is 2. The summed E-state index contributed by atoms with van der Waals surface area (Å²) in [6.45, 7) is 2.00. The van der Waals surface area contributed by atoms with E-state index < -0.39 is 4.92 Å². The number of imidazole rings is 1. The highest BCUT2D eigenvalue weighted by molar-refractivity contribution is 6.07. The first-order valence-electron chi connectivity index (χ1n) is 8.60. The molecule has 0 aliphatic rings. The normalized spacial score (nSPS) is 10.9. The van der Waals surface area contributed by atoms with Crippen LogP contribution in [0.1, 0.15) is 27.3 Å². The first kappa shape index (κ1) is 19.0. The van der Waals surface area contributed by atoms with Crippen LogP contribution in [-0.4, -0.2) is 20.3 Å². The molecule has 0 unspecified atom stereocenters. The number of nitrogens with zero attached hydrogens (tertiary/aromatic N) is 3. The Morgan fingerprint density at radius 2 is 2.00 bits per heavy atom. The number of carbonyl (C=O) groups excluding carboxylic acids is 1. The van der Waals surface area contributed by atoms with E-state index in [0.717, 1.165) is 11.4 Å². The summed E-state index contributed by atoms with van der Waals surface area (Å²) in [5.41, 5.74) is 1.56. The Hall–Kier alpha value is -3.74. The van der Waals surface area contributed by atoms with E-state index >= 15 is 0 Å². The van der Waals surface area contributed by atoms with Gasteiger partial charge in [-0.3, -0.25) is 14.9 Å². The molecule has 0 bridgehead atoms. The lowest BCUT2D eigenvalue weighted by Gasteiger charge is -2.06. The summed E-state index contributed by atoms with van der Waals surface area (Å²) >= 11 is 0. The summed E-state index contributed by atoms with van der Waals surface area (Å²) in [4.78, 5) is 27.0. The van der Waals surface area contributed by atoms with Crippen molar-refractivity contribution in [2.75, 3.05) is 0 Å². The van der Waals surface area contributed by atoms with Crippen LogP contribution in [0.3, 0.4) is 0 Å². The Bertz CT molecular complexity index is 1040. The lowest BCUT2D eigenvalue weighted by atomic mass is 10.1. The number of nitro benzene ring substituents is 1. The molecule has 1 aromatic heterocycles. The molecule has 3 rings (SSSR count). The SMILES string of the molecule is Cc1ccc(C(=O)C=Cc2ccc(OCc3nccn3C)cc2)cc1[N+](=O)[O-]. The van der Waals surface area contributed by atoms with Crippen molar-refractivity contribution in [2.24, 2.45) is 7.05 Å². The van der Waals surface area contributed by atoms with Crippen LogP contribution in [0.25, 0.3) is 6.08 Å². The van der Waals surface area contributed by atoms with Gasteiger partial charge in [0.25, 0.3) is 5.69 Å². The zero-order valence-corrected chi connectivity index (χ0v) is 15.5. The lowest BCUT2D eigenvalue weighted by molar-refractivity contribution is -0.385. The van der Waals surface area contributed by atoms with Crippen molar-refractivity contribution in [3.63, 3.8) is 0 Å². The Labute approximate surface area is 162 Å². The molecule has 3 aromatic rings. The molecule has 28 heavy (non-hydrogen) atoms. The van der Waals surface area contributed by atoms with Gasteiger partial charge in [0, 0.05) is 36.6 Å².